The molecule has 68 valence electrons. The third kappa shape index (κ3) is 6.23. The Morgan fingerprint density at radius 1 is 1.55 bits per heavy atom. The lowest BCUT2D eigenvalue weighted by Crippen LogP contribution is -2.20. The van der Waals surface area contributed by atoms with Crippen molar-refractivity contribution in [3.8, 4) is 0 Å². The Morgan fingerprint density at radius 2 is 2.00 bits per heavy atom. The van der Waals surface area contributed by atoms with E-state index in [1.807, 2.05) is 20.8 Å². The summed E-state index contributed by atoms with van der Waals surface area (Å²) in [5.74, 6) is -0.221. The van der Waals surface area contributed by atoms with Crippen LogP contribution in [0.1, 0.15) is 34.6 Å². The van der Waals surface area contributed by atoms with Gasteiger partial charge < -0.3 is 4.74 Å². The van der Waals surface area contributed by atoms with Crippen LogP contribution in [0.3, 0.4) is 0 Å². The molecule has 0 spiro atoms. The molecule has 0 saturated carbocycles. The van der Waals surface area contributed by atoms with Gasteiger partial charge in [0.1, 0.15) is 0 Å². The zero-order valence-electron chi connectivity index (χ0n) is 6.63. The number of ether oxygens (including phenoxy) is 1. The lowest BCUT2D eigenvalue weighted by atomic mass is 10.3. The molecule has 0 aromatic heterocycles. The Bertz CT molecular complexity index is 113. The van der Waals surface area contributed by atoms with Crippen LogP contribution in [0.25, 0.3) is 0 Å². The van der Waals surface area contributed by atoms with Crippen LogP contribution in [-0.2, 0) is 9.53 Å². The largest absolute Gasteiger partial charge is 0.462 e. The quantitative estimate of drug-likeness (QED) is 0.530. The average Bonchev–Trinajstić information content (AvgIpc) is 1.85. The van der Waals surface area contributed by atoms with Crippen molar-refractivity contribution in [3.05, 3.63) is 0 Å². The minimum absolute atomic E-state index is 0. The van der Waals surface area contributed by atoms with Crippen molar-refractivity contribution in [2.75, 3.05) is 0 Å². The van der Waals surface area contributed by atoms with Crippen LogP contribution in [-0.4, -0.2) is 17.3 Å². The van der Waals surface area contributed by atoms with E-state index in [2.05, 4.69) is 12.6 Å². The first-order valence-electron chi connectivity index (χ1n) is 3.46. The van der Waals surface area contributed by atoms with E-state index in [1.54, 1.807) is 0 Å². The molecule has 2 nitrogen and oxygen atoms in total. The zero-order chi connectivity index (χ0) is 8.15. The topological polar surface area (TPSA) is 26.3 Å². The minimum atomic E-state index is -0.262. The first kappa shape index (κ1) is 13.4. The van der Waals surface area contributed by atoms with Gasteiger partial charge in [0.15, 0.2) is 0 Å². The van der Waals surface area contributed by atoms with E-state index >= 15 is 0 Å². The summed E-state index contributed by atoms with van der Waals surface area (Å²) in [7, 11) is 0. The molecule has 0 aliphatic rings. The summed E-state index contributed by atoms with van der Waals surface area (Å²) in [4.78, 5) is 10.9. The summed E-state index contributed by atoms with van der Waals surface area (Å²) in [6.07, 6.45) is 0.683. The summed E-state index contributed by atoms with van der Waals surface area (Å²) in [5, 5.41) is -0.262. The Morgan fingerprint density at radius 3 is 2.27 bits per heavy atom. The fourth-order valence-electron chi connectivity index (χ4n) is 0.478. The van der Waals surface area contributed by atoms with Gasteiger partial charge in [-0.2, -0.15) is 12.6 Å². The molecule has 0 aromatic carbocycles. The monoisotopic (exact) mass is 178 g/mol. The highest BCUT2D eigenvalue weighted by atomic mass is 32.1. The van der Waals surface area contributed by atoms with Crippen molar-refractivity contribution in [2.45, 2.75) is 46.0 Å². The highest BCUT2D eigenvalue weighted by Crippen LogP contribution is 2.04. The van der Waals surface area contributed by atoms with E-state index in [-0.39, 0.29) is 24.7 Å². The molecular weight excluding hydrogens is 160 g/mol. The second kappa shape index (κ2) is 6.53. The molecule has 11 heavy (non-hydrogen) atoms. The van der Waals surface area contributed by atoms with Gasteiger partial charge in [-0.3, -0.25) is 4.79 Å². The highest BCUT2D eigenvalue weighted by Gasteiger charge is 2.13. The van der Waals surface area contributed by atoms with Crippen molar-refractivity contribution >= 4 is 18.6 Å². The molecule has 0 radical (unpaired) electrons. The van der Waals surface area contributed by atoms with Crippen molar-refractivity contribution in [1.29, 1.82) is 0 Å². The van der Waals surface area contributed by atoms with Gasteiger partial charge in [0.05, 0.1) is 11.4 Å². The zero-order valence-corrected chi connectivity index (χ0v) is 7.52. The van der Waals surface area contributed by atoms with E-state index < -0.39 is 0 Å². The fraction of sp³-hybridized carbons (Fsp3) is 0.875. The second-order valence-corrected chi connectivity index (χ2v) is 3.03. The molecule has 1 unspecified atom stereocenters. The van der Waals surface area contributed by atoms with Crippen LogP contribution < -0.4 is 0 Å². The van der Waals surface area contributed by atoms with Crippen molar-refractivity contribution in [1.82, 2.24) is 0 Å². The Hall–Kier alpha value is -0.180. The van der Waals surface area contributed by atoms with Crippen LogP contribution in [0.2, 0.25) is 0 Å². The van der Waals surface area contributed by atoms with Gasteiger partial charge in [-0.15, -0.1) is 0 Å². The van der Waals surface area contributed by atoms with E-state index in [0.29, 0.717) is 6.42 Å². The first-order chi connectivity index (χ1) is 4.57. The third-order valence-corrected chi connectivity index (χ3v) is 1.59. The number of carbonyl (C=O) groups is 1. The number of hydrogen-bond acceptors (Lipinski definition) is 3. The lowest BCUT2D eigenvalue weighted by molar-refractivity contribution is -0.146. The first-order valence-corrected chi connectivity index (χ1v) is 3.98. The van der Waals surface area contributed by atoms with Crippen molar-refractivity contribution < 1.29 is 9.53 Å². The highest BCUT2D eigenvalue weighted by molar-refractivity contribution is 7.81. The van der Waals surface area contributed by atoms with Gasteiger partial charge >= 0.3 is 5.97 Å². The predicted molar refractivity (Wildman–Crippen MR) is 51.0 cm³/mol. The molecule has 0 fully saturated rings. The number of thiol groups is 1. The maximum atomic E-state index is 10.9. The number of rotatable bonds is 3. The molecular formula is C8H18O2S. The normalized spacial score (nSPS) is 12.1. The second-order valence-electron chi connectivity index (χ2n) is 2.41. The van der Waals surface area contributed by atoms with E-state index in [9.17, 15) is 4.79 Å². The SMILES string of the molecule is C.CCC(S)C(=O)OC(C)C. The smallest absolute Gasteiger partial charge is 0.319 e. The van der Waals surface area contributed by atoms with Gasteiger partial charge in [0.2, 0.25) is 0 Å². The summed E-state index contributed by atoms with van der Waals surface area (Å²) in [6, 6.07) is 0. The number of hydrogen-bond donors (Lipinski definition) is 1. The Balaban J connectivity index is 0. The van der Waals surface area contributed by atoms with Crippen LogP contribution in [0.4, 0.5) is 0 Å². The summed E-state index contributed by atoms with van der Waals surface area (Å²) >= 11 is 4.03. The third-order valence-electron chi connectivity index (χ3n) is 1.01. The molecule has 3 heteroatoms. The molecule has 0 aliphatic heterocycles. The van der Waals surface area contributed by atoms with Crippen LogP contribution in [0.5, 0.6) is 0 Å². The Kier molecular flexibility index (Phi) is 7.96. The van der Waals surface area contributed by atoms with Gasteiger partial charge in [0, 0.05) is 0 Å². The van der Waals surface area contributed by atoms with E-state index in [4.69, 9.17) is 4.74 Å². The van der Waals surface area contributed by atoms with Crippen molar-refractivity contribution in [2.24, 2.45) is 0 Å². The van der Waals surface area contributed by atoms with Crippen molar-refractivity contribution in [3.63, 3.8) is 0 Å². The molecule has 0 aliphatic carbocycles. The molecule has 0 aromatic rings. The van der Waals surface area contributed by atoms with E-state index in [1.165, 1.54) is 0 Å². The van der Waals surface area contributed by atoms with Crippen LogP contribution >= 0.6 is 12.6 Å². The summed E-state index contributed by atoms with van der Waals surface area (Å²) in [5.41, 5.74) is 0. The minimum Gasteiger partial charge on any atom is -0.462 e. The molecule has 0 heterocycles. The van der Waals surface area contributed by atoms with Crippen LogP contribution in [0, 0.1) is 0 Å². The molecule has 0 bridgehead atoms. The number of carbonyl (C=O) groups excluding carboxylic acids is 1. The molecule has 1 atom stereocenters. The molecule has 0 saturated heterocycles. The summed E-state index contributed by atoms with van der Waals surface area (Å²) < 4.78 is 4.89. The van der Waals surface area contributed by atoms with Gasteiger partial charge in [-0.1, -0.05) is 14.4 Å². The van der Waals surface area contributed by atoms with Gasteiger partial charge in [-0.25, -0.2) is 0 Å². The average molecular weight is 178 g/mol. The standard InChI is InChI=1S/C7H14O2S.CH4/c1-4-6(10)7(8)9-5(2)3;/h5-6,10H,4H2,1-3H3;1H4. The fourth-order valence-corrected chi connectivity index (χ4v) is 0.538. The number of esters is 1. The van der Waals surface area contributed by atoms with E-state index in [0.717, 1.165) is 0 Å². The molecule has 0 amide bonds. The van der Waals surface area contributed by atoms with Gasteiger partial charge in [-0.05, 0) is 20.3 Å². The Labute approximate surface area is 74.7 Å². The van der Waals surface area contributed by atoms with Crippen LogP contribution in [0.15, 0.2) is 0 Å². The summed E-state index contributed by atoms with van der Waals surface area (Å²) in [6.45, 7) is 5.56. The lowest BCUT2D eigenvalue weighted by Gasteiger charge is -2.10. The molecule has 0 N–H and O–H groups in total. The predicted octanol–water partition coefficient (Wildman–Crippen LogP) is 2.28. The molecule has 0 rings (SSSR count). The maximum absolute atomic E-state index is 10.9. The maximum Gasteiger partial charge on any atom is 0.319 e. The van der Waals surface area contributed by atoms with Gasteiger partial charge in [0.25, 0.3) is 0 Å².